The maximum absolute atomic E-state index is 12.4. The molecule has 0 aliphatic heterocycles. The van der Waals surface area contributed by atoms with Crippen molar-refractivity contribution in [3.63, 3.8) is 0 Å². The second kappa shape index (κ2) is 13.6. The zero-order valence-electron chi connectivity index (χ0n) is 15.6. The van der Waals surface area contributed by atoms with E-state index in [2.05, 4.69) is 28.6 Å². The number of carboxylic acid groups (broad SMARTS) is 1. The first kappa shape index (κ1) is 26.5. The van der Waals surface area contributed by atoms with E-state index < -0.39 is 60.6 Å². The molecule has 5 unspecified atom stereocenters. The smallest absolute Gasteiger partial charge is 0.326 e. The Balaban J connectivity index is 5.10. The van der Waals surface area contributed by atoms with Crippen molar-refractivity contribution in [1.82, 2.24) is 16.0 Å². The van der Waals surface area contributed by atoms with E-state index in [0.717, 1.165) is 0 Å². The van der Waals surface area contributed by atoms with Gasteiger partial charge in [-0.05, 0) is 25.4 Å². The van der Waals surface area contributed by atoms with Crippen molar-refractivity contribution in [2.45, 2.75) is 43.6 Å². The molecule has 11 nitrogen and oxygen atoms in total. The van der Waals surface area contributed by atoms with Crippen LogP contribution in [0.5, 0.6) is 0 Å². The van der Waals surface area contributed by atoms with E-state index in [1.54, 1.807) is 6.26 Å². The standard InChI is InChI=1S/C15H28N4O7S2/c1-7(21)11(14(24)17-9(15(25)26)3-4-28-2)19-13(23)10(6-27)18-12(22)8(16)5-20/h7-11,20-21,27H,3-6,16H2,1-2H3,(H,17,24)(H,18,22)(H,19,23)(H,25,26). The van der Waals surface area contributed by atoms with Crippen molar-refractivity contribution < 1.29 is 34.5 Å². The molecule has 0 spiro atoms. The van der Waals surface area contributed by atoms with Gasteiger partial charge in [0.25, 0.3) is 0 Å². The first-order valence-corrected chi connectivity index (χ1v) is 10.4. The number of carboxylic acids is 1. The van der Waals surface area contributed by atoms with Gasteiger partial charge in [-0.1, -0.05) is 0 Å². The Morgan fingerprint density at radius 3 is 2.07 bits per heavy atom. The van der Waals surface area contributed by atoms with E-state index in [1.165, 1.54) is 18.7 Å². The van der Waals surface area contributed by atoms with Crippen molar-refractivity contribution in [1.29, 1.82) is 0 Å². The molecule has 0 saturated heterocycles. The van der Waals surface area contributed by atoms with Crippen molar-refractivity contribution in [2.75, 3.05) is 24.4 Å². The van der Waals surface area contributed by atoms with Crippen LogP contribution in [0.3, 0.4) is 0 Å². The van der Waals surface area contributed by atoms with Crippen molar-refractivity contribution in [3.8, 4) is 0 Å². The third-order valence-electron chi connectivity index (χ3n) is 3.64. The summed E-state index contributed by atoms with van der Waals surface area (Å²) in [6.45, 7) is 0.621. The number of aliphatic carboxylic acids is 1. The number of thioether (sulfide) groups is 1. The van der Waals surface area contributed by atoms with E-state index in [4.69, 9.17) is 10.8 Å². The summed E-state index contributed by atoms with van der Waals surface area (Å²) < 4.78 is 0. The summed E-state index contributed by atoms with van der Waals surface area (Å²) in [6, 6.07) is -5.05. The number of nitrogens with one attached hydrogen (secondary N) is 3. The highest BCUT2D eigenvalue weighted by Gasteiger charge is 2.32. The third-order valence-corrected chi connectivity index (χ3v) is 4.65. The highest BCUT2D eigenvalue weighted by Crippen LogP contribution is 2.03. The molecule has 0 bridgehead atoms. The number of hydrogen-bond acceptors (Lipinski definition) is 9. The lowest BCUT2D eigenvalue weighted by Crippen LogP contribution is -2.60. The molecule has 0 aromatic rings. The van der Waals surface area contributed by atoms with E-state index in [-0.39, 0.29) is 12.2 Å². The van der Waals surface area contributed by atoms with Crippen LogP contribution in [-0.4, -0.2) is 93.7 Å². The number of carbonyl (C=O) groups is 4. The maximum atomic E-state index is 12.4. The summed E-state index contributed by atoms with van der Waals surface area (Å²) in [5.74, 6) is -3.40. The molecule has 0 heterocycles. The molecule has 8 N–H and O–H groups in total. The molecule has 162 valence electrons. The zero-order valence-corrected chi connectivity index (χ0v) is 17.3. The van der Waals surface area contributed by atoms with Crippen LogP contribution in [-0.2, 0) is 19.2 Å². The molecule has 0 radical (unpaired) electrons. The van der Waals surface area contributed by atoms with Crippen LogP contribution >= 0.6 is 24.4 Å². The highest BCUT2D eigenvalue weighted by atomic mass is 32.2. The summed E-state index contributed by atoms with van der Waals surface area (Å²) in [5, 5.41) is 34.7. The van der Waals surface area contributed by atoms with E-state index in [9.17, 15) is 29.4 Å². The van der Waals surface area contributed by atoms with Gasteiger partial charge >= 0.3 is 5.97 Å². The van der Waals surface area contributed by atoms with Gasteiger partial charge in [-0.25, -0.2) is 4.79 Å². The summed E-state index contributed by atoms with van der Waals surface area (Å²) in [4.78, 5) is 47.7. The first-order chi connectivity index (χ1) is 13.1. The van der Waals surface area contributed by atoms with Crippen LogP contribution in [0.4, 0.5) is 0 Å². The lowest BCUT2D eigenvalue weighted by Gasteiger charge is -2.25. The molecule has 0 aliphatic carbocycles. The predicted octanol–water partition coefficient (Wildman–Crippen LogP) is -3.09. The molecular formula is C15H28N4O7S2. The van der Waals surface area contributed by atoms with Crippen molar-refractivity contribution >= 4 is 48.1 Å². The van der Waals surface area contributed by atoms with E-state index in [1.807, 2.05) is 0 Å². The lowest BCUT2D eigenvalue weighted by atomic mass is 10.1. The third kappa shape index (κ3) is 9.10. The monoisotopic (exact) mass is 440 g/mol. The molecule has 0 rings (SSSR count). The number of aliphatic hydroxyl groups excluding tert-OH is 2. The van der Waals surface area contributed by atoms with Gasteiger partial charge in [-0.15, -0.1) is 0 Å². The van der Waals surface area contributed by atoms with Crippen LogP contribution in [0.1, 0.15) is 13.3 Å². The van der Waals surface area contributed by atoms with Gasteiger partial charge in [-0.2, -0.15) is 24.4 Å². The zero-order chi connectivity index (χ0) is 21.9. The van der Waals surface area contributed by atoms with Gasteiger partial charge in [0.1, 0.15) is 24.2 Å². The van der Waals surface area contributed by atoms with Gasteiger partial charge in [0.2, 0.25) is 17.7 Å². The molecule has 5 atom stereocenters. The number of hydrogen-bond donors (Lipinski definition) is 8. The minimum absolute atomic E-state index is 0.144. The minimum atomic E-state index is -1.45. The minimum Gasteiger partial charge on any atom is -0.480 e. The van der Waals surface area contributed by atoms with Gasteiger partial charge in [0.05, 0.1) is 12.7 Å². The maximum Gasteiger partial charge on any atom is 0.326 e. The average Bonchev–Trinajstić information content (AvgIpc) is 2.65. The van der Waals surface area contributed by atoms with Crippen molar-refractivity contribution in [3.05, 3.63) is 0 Å². The fourth-order valence-corrected chi connectivity index (χ4v) is 2.70. The Kier molecular flexibility index (Phi) is 12.9. The van der Waals surface area contributed by atoms with Gasteiger partial charge in [0.15, 0.2) is 0 Å². The van der Waals surface area contributed by atoms with Gasteiger partial charge < -0.3 is 37.0 Å². The summed E-state index contributed by atoms with van der Waals surface area (Å²) in [6.07, 6.45) is 0.612. The molecule has 0 fully saturated rings. The first-order valence-electron chi connectivity index (χ1n) is 8.37. The molecule has 0 aromatic heterocycles. The quantitative estimate of drug-likeness (QED) is 0.137. The second-order valence-electron chi connectivity index (χ2n) is 5.94. The van der Waals surface area contributed by atoms with E-state index in [0.29, 0.717) is 5.75 Å². The Hall–Kier alpha value is -1.54. The Bertz CT molecular complexity index is 550. The van der Waals surface area contributed by atoms with Gasteiger partial charge in [0, 0.05) is 5.75 Å². The van der Waals surface area contributed by atoms with Crippen LogP contribution in [0.15, 0.2) is 0 Å². The molecule has 0 aliphatic rings. The molecule has 13 heteroatoms. The van der Waals surface area contributed by atoms with Crippen LogP contribution in [0.25, 0.3) is 0 Å². The number of thiol groups is 1. The Labute approximate surface area is 172 Å². The lowest BCUT2D eigenvalue weighted by molar-refractivity contribution is -0.143. The summed E-state index contributed by atoms with van der Waals surface area (Å²) in [5.41, 5.74) is 5.36. The van der Waals surface area contributed by atoms with Crippen LogP contribution < -0.4 is 21.7 Å². The Morgan fingerprint density at radius 1 is 1.07 bits per heavy atom. The fourth-order valence-electron chi connectivity index (χ4n) is 1.97. The number of nitrogens with two attached hydrogens (primary N) is 1. The molecule has 3 amide bonds. The molecule has 0 aromatic carbocycles. The van der Waals surface area contributed by atoms with E-state index >= 15 is 0 Å². The summed E-state index contributed by atoms with van der Waals surface area (Å²) in [7, 11) is 0. The molecular weight excluding hydrogens is 412 g/mol. The number of carbonyl (C=O) groups excluding carboxylic acids is 3. The molecule has 28 heavy (non-hydrogen) atoms. The Morgan fingerprint density at radius 2 is 1.64 bits per heavy atom. The largest absolute Gasteiger partial charge is 0.480 e. The average molecular weight is 441 g/mol. The SMILES string of the molecule is CSCCC(NC(=O)C(NC(=O)C(CS)NC(=O)C(N)CO)C(C)O)C(=O)O. The molecule has 0 saturated carbocycles. The topological polar surface area (TPSA) is 191 Å². The van der Waals surface area contributed by atoms with Crippen molar-refractivity contribution in [2.24, 2.45) is 5.73 Å². The summed E-state index contributed by atoms with van der Waals surface area (Å²) >= 11 is 5.36. The normalized spacial score (nSPS) is 16.2. The van der Waals surface area contributed by atoms with Crippen LogP contribution in [0.2, 0.25) is 0 Å². The second-order valence-corrected chi connectivity index (χ2v) is 7.29. The van der Waals surface area contributed by atoms with Crippen LogP contribution in [0, 0.1) is 0 Å². The number of amides is 3. The highest BCUT2D eigenvalue weighted by molar-refractivity contribution is 7.98. The van der Waals surface area contributed by atoms with Gasteiger partial charge in [-0.3, -0.25) is 14.4 Å². The fraction of sp³-hybridized carbons (Fsp3) is 0.733. The number of aliphatic hydroxyl groups is 2. The number of rotatable bonds is 13. The predicted molar refractivity (Wildman–Crippen MR) is 107 cm³/mol.